The molecular formula is C10H14F3N3O3. The molecule has 0 spiro atoms. The first kappa shape index (κ1) is 15.6. The van der Waals surface area contributed by atoms with Gasteiger partial charge in [0.05, 0.1) is 18.0 Å². The topological polar surface area (TPSA) is 98.2 Å². The molecule has 4 N–H and O–H groups in total. The van der Waals surface area contributed by atoms with Crippen LogP contribution in [-0.2, 0) is 6.18 Å². The number of aliphatic hydroxyl groups excluding tert-OH is 2. The highest BCUT2D eigenvalue weighted by Crippen LogP contribution is 2.32. The van der Waals surface area contributed by atoms with E-state index in [1.807, 2.05) is 4.98 Å². The van der Waals surface area contributed by atoms with Crippen LogP contribution in [0.5, 0.6) is 0 Å². The van der Waals surface area contributed by atoms with Gasteiger partial charge in [-0.3, -0.25) is 4.79 Å². The normalized spacial score (nSPS) is 15.3. The summed E-state index contributed by atoms with van der Waals surface area (Å²) >= 11 is 0. The SMILES string of the molecule is CNCCC(O)C(O)c1c(C(F)(F)F)nc[nH]c1=O. The van der Waals surface area contributed by atoms with Crippen molar-refractivity contribution in [2.45, 2.75) is 24.8 Å². The van der Waals surface area contributed by atoms with E-state index in [1.165, 1.54) is 0 Å². The summed E-state index contributed by atoms with van der Waals surface area (Å²) in [4.78, 5) is 16.4. The van der Waals surface area contributed by atoms with Crippen LogP contribution in [0.1, 0.15) is 23.8 Å². The molecule has 0 amide bonds. The van der Waals surface area contributed by atoms with Gasteiger partial charge in [0.1, 0.15) is 6.10 Å². The zero-order valence-corrected chi connectivity index (χ0v) is 10.0. The van der Waals surface area contributed by atoms with E-state index in [0.717, 1.165) is 0 Å². The number of aromatic nitrogens is 2. The summed E-state index contributed by atoms with van der Waals surface area (Å²) in [5, 5.41) is 22.0. The van der Waals surface area contributed by atoms with Crippen LogP contribution in [0.2, 0.25) is 0 Å². The third-order valence-electron chi connectivity index (χ3n) is 2.51. The zero-order chi connectivity index (χ0) is 14.6. The number of aliphatic hydroxyl groups is 2. The second-order valence-corrected chi connectivity index (χ2v) is 3.90. The highest BCUT2D eigenvalue weighted by molar-refractivity contribution is 5.22. The molecule has 6 nitrogen and oxygen atoms in total. The molecule has 108 valence electrons. The van der Waals surface area contributed by atoms with Crippen molar-refractivity contribution in [3.8, 4) is 0 Å². The van der Waals surface area contributed by atoms with Gasteiger partial charge in [0.2, 0.25) is 0 Å². The van der Waals surface area contributed by atoms with Crippen LogP contribution in [0.3, 0.4) is 0 Å². The zero-order valence-electron chi connectivity index (χ0n) is 10.0. The van der Waals surface area contributed by atoms with Gasteiger partial charge in [-0.05, 0) is 20.0 Å². The second-order valence-electron chi connectivity index (χ2n) is 3.90. The fourth-order valence-electron chi connectivity index (χ4n) is 1.55. The molecule has 0 fully saturated rings. The Morgan fingerprint density at radius 3 is 2.63 bits per heavy atom. The number of nitrogens with one attached hydrogen (secondary N) is 2. The molecule has 9 heteroatoms. The molecule has 0 radical (unpaired) electrons. The quantitative estimate of drug-likeness (QED) is 0.599. The van der Waals surface area contributed by atoms with Gasteiger partial charge in [-0.25, -0.2) is 4.98 Å². The maximum atomic E-state index is 12.7. The molecular weight excluding hydrogens is 267 g/mol. The lowest BCUT2D eigenvalue weighted by atomic mass is 10.0. The van der Waals surface area contributed by atoms with E-state index in [2.05, 4.69) is 10.3 Å². The number of aromatic amines is 1. The van der Waals surface area contributed by atoms with E-state index < -0.39 is 35.2 Å². The third kappa shape index (κ3) is 3.75. The second kappa shape index (κ2) is 6.13. The van der Waals surface area contributed by atoms with Crippen LogP contribution >= 0.6 is 0 Å². The fraction of sp³-hybridized carbons (Fsp3) is 0.600. The van der Waals surface area contributed by atoms with E-state index in [9.17, 15) is 28.2 Å². The number of hydrogen-bond acceptors (Lipinski definition) is 5. The summed E-state index contributed by atoms with van der Waals surface area (Å²) in [7, 11) is 1.58. The van der Waals surface area contributed by atoms with E-state index in [-0.39, 0.29) is 13.0 Å². The minimum absolute atomic E-state index is 0.0106. The average molecular weight is 281 g/mol. The highest BCUT2D eigenvalue weighted by atomic mass is 19.4. The lowest BCUT2D eigenvalue weighted by Gasteiger charge is -2.19. The predicted molar refractivity (Wildman–Crippen MR) is 59.4 cm³/mol. The number of alkyl halides is 3. The molecule has 1 heterocycles. The van der Waals surface area contributed by atoms with Gasteiger partial charge in [0, 0.05) is 0 Å². The molecule has 2 atom stereocenters. The van der Waals surface area contributed by atoms with Crippen molar-refractivity contribution < 1.29 is 23.4 Å². The lowest BCUT2D eigenvalue weighted by molar-refractivity contribution is -0.143. The Hall–Kier alpha value is -1.45. The van der Waals surface area contributed by atoms with Gasteiger partial charge >= 0.3 is 6.18 Å². The molecule has 1 aromatic heterocycles. The van der Waals surface area contributed by atoms with Gasteiger partial charge in [0.25, 0.3) is 5.56 Å². The van der Waals surface area contributed by atoms with Crippen LogP contribution in [0.25, 0.3) is 0 Å². The first-order valence-electron chi connectivity index (χ1n) is 5.44. The van der Waals surface area contributed by atoms with Crippen LogP contribution < -0.4 is 10.9 Å². The van der Waals surface area contributed by atoms with Crippen molar-refractivity contribution in [3.63, 3.8) is 0 Å². The van der Waals surface area contributed by atoms with Crippen molar-refractivity contribution >= 4 is 0 Å². The number of halogens is 3. The Morgan fingerprint density at radius 2 is 2.11 bits per heavy atom. The monoisotopic (exact) mass is 281 g/mol. The summed E-state index contributed by atoms with van der Waals surface area (Å²) in [5.74, 6) is 0. The molecule has 0 aliphatic rings. The molecule has 0 saturated heterocycles. The summed E-state index contributed by atoms with van der Waals surface area (Å²) in [5.41, 5.74) is -3.59. The summed E-state index contributed by atoms with van der Waals surface area (Å²) in [6.07, 6.45) is -7.75. The minimum atomic E-state index is -4.88. The van der Waals surface area contributed by atoms with Crippen molar-refractivity contribution in [2.24, 2.45) is 0 Å². The maximum absolute atomic E-state index is 12.7. The van der Waals surface area contributed by atoms with E-state index in [4.69, 9.17) is 0 Å². The van der Waals surface area contributed by atoms with Crippen molar-refractivity contribution in [3.05, 3.63) is 27.9 Å². The molecule has 0 aliphatic heterocycles. The molecule has 0 saturated carbocycles. The Morgan fingerprint density at radius 1 is 1.47 bits per heavy atom. The first-order valence-corrected chi connectivity index (χ1v) is 5.44. The van der Waals surface area contributed by atoms with Crippen LogP contribution in [0.4, 0.5) is 13.2 Å². The molecule has 0 aliphatic carbocycles. The van der Waals surface area contributed by atoms with Gasteiger partial charge in [-0.2, -0.15) is 13.2 Å². The Bertz CT molecular complexity index is 475. The average Bonchev–Trinajstić information content (AvgIpc) is 2.33. The minimum Gasteiger partial charge on any atom is -0.390 e. The maximum Gasteiger partial charge on any atom is 0.433 e. The molecule has 2 unspecified atom stereocenters. The van der Waals surface area contributed by atoms with Gasteiger partial charge in [-0.1, -0.05) is 0 Å². The number of H-pyrrole nitrogens is 1. The van der Waals surface area contributed by atoms with E-state index in [0.29, 0.717) is 6.33 Å². The molecule has 1 rings (SSSR count). The molecule has 1 aromatic rings. The summed E-state index contributed by atoms with van der Waals surface area (Å²) in [6.45, 7) is 0.276. The van der Waals surface area contributed by atoms with Crippen LogP contribution in [0, 0.1) is 0 Å². The highest BCUT2D eigenvalue weighted by Gasteiger charge is 2.39. The fourth-order valence-corrected chi connectivity index (χ4v) is 1.55. The number of nitrogens with zero attached hydrogens (tertiary/aromatic N) is 1. The first-order chi connectivity index (χ1) is 8.79. The van der Waals surface area contributed by atoms with Gasteiger partial charge in [0.15, 0.2) is 5.69 Å². The summed E-state index contributed by atoms with van der Waals surface area (Å²) < 4.78 is 38.1. The summed E-state index contributed by atoms with van der Waals surface area (Å²) in [6, 6.07) is 0. The number of rotatable bonds is 5. The third-order valence-corrected chi connectivity index (χ3v) is 2.51. The largest absolute Gasteiger partial charge is 0.433 e. The van der Waals surface area contributed by atoms with E-state index >= 15 is 0 Å². The van der Waals surface area contributed by atoms with Gasteiger partial charge in [-0.15, -0.1) is 0 Å². The van der Waals surface area contributed by atoms with Gasteiger partial charge < -0.3 is 20.5 Å². The van der Waals surface area contributed by atoms with Crippen molar-refractivity contribution in [2.75, 3.05) is 13.6 Å². The lowest BCUT2D eigenvalue weighted by Crippen LogP contribution is -2.31. The number of hydrogen-bond donors (Lipinski definition) is 4. The van der Waals surface area contributed by atoms with Crippen molar-refractivity contribution in [1.29, 1.82) is 0 Å². The molecule has 0 bridgehead atoms. The smallest absolute Gasteiger partial charge is 0.390 e. The van der Waals surface area contributed by atoms with Crippen LogP contribution in [0.15, 0.2) is 11.1 Å². The Balaban J connectivity index is 3.15. The standard InChI is InChI=1S/C10H14F3N3O3/c1-14-3-2-5(17)7(18)6-8(10(11,12)13)15-4-16-9(6)19/h4-5,7,14,17-18H,2-3H2,1H3,(H,15,16,19). The van der Waals surface area contributed by atoms with Crippen LogP contribution in [-0.4, -0.2) is 39.9 Å². The van der Waals surface area contributed by atoms with E-state index in [1.54, 1.807) is 7.05 Å². The Kier molecular flexibility index (Phi) is 5.04. The predicted octanol–water partition coefficient (Wildman–Crippen LogP) is -0.207. The molecule has 0 aromatic carbocycles. The van der Waals surface area contributed by atoms with Crippen molar-refractivity contribution in [1.82, 2.24) is 15.3 Å². The molecule has 19 heavy (non-hydrogen) atoms. The Labute approximate surface area is 106 Å².